The summed E-state index contributed by atoms with van der Waals surface area (Å²) in [4.78, 5) is 25.3. The van der Waals surface area contributed by atoms with Gasteiger partial charge >= 0.3 is 0 Å². The number of hydrogen-bond donors (Lipinski definition) is 4. The number of aliphatic hydroxyl groups excluding tert-OH is 1. The van der Waals surface area contributed by atoms with Crippen LogP contribution < -0.4 is 16.4 Å². The second-order valence-electron chi connectivity index (χ2n) is 9.59. The number of carbonyl (C=O) groups excluding carboxylic acids is 1. The van der Waals surface area contributed by atoms with Crippen LogP contribution >= 0.6 is 11.6 Å². The van der Waals surface area contributed by atoms with Crippen molar-refractivity contribution in [3.8, 4) is 0 Å². The Labute approximate surface area is 211 Å². The van der Waals surface area contributed by atoms with Gasteiger partial charge in [-0.15, -0.1) is 0 Å². The Hall–Kier alpha value is -3.05. The van der Waals surface area contributed by atoms with Gasteiger partial charge in [0.2, 0.25) is 17.8 Å². The number of anilines is 3. The van der Waals surface area contributed by atoms with E-state index in [1.54, 1.807) is 6.20 Å². The molecular weight excluding hydrogens is 492 g/mol. The molecule has 0 bridgehead atoms. The number of fused-ring (bicyclic) bond motifs is 1. The lowest BCUT2D eigenvalue weighted by Crippen LogP contribution is -2.36. The molecule has 0 spiro atoms. The molecule has 36 heavy (non-hydrogen) atoms. The van der Waals surface area contributed by atoms with Crippen molar-refractivity contribution in [3.05, 3.63) is 35.0 Å². The van der Waals surface area contributed by atoms with E-state index >= 15 is 0 Å². The van der Waals surface area contributed by atoms with E-state index in [1.807, 2.05) is 4.57 Å². The summed E-state index contributed by atoms with van der Waals surface area (Å²) in [6, 6.07) is 1.52. The number of halogens is 3. The minimum Gasteiger partial charge on any atom is -0.391 e. The first-order valence-corrected chi connectivity index (χ1v) is 12.6. The summed E-state index contributed by atoms with van der Waals surface area (Å²) < 4.78 is 30.0. The molecule has 5 N–H and O–H groups in total. The van der Waals surface area contributed by atoms with Crippen molar-refractivity contribution in [1.82, 2.24) is 19.5 Å². The third-order valence-corrected chi connectivity index (χ3v) is 7.48. The monoisotopic (exact) mass is 519 g/mol. The van der Waals surface area contributed by atoms with Crippen molar-refractivity contribution in [2.45, 2.75) is 69.6 Å². The van der Waals surface area contributed by atoms with Crippen LogP contribution in [0.5, 0.6) is 0 Å². The molecule has 2 aromatic heterocycles. The Morgan fingerprint density at radius 3 is 2.56 bits per heavy atom. The van der Waals surface area contributed by atoms with E-state index in [0.29, 0.717) is 42.8 Å². The van der Waals surface area contributed by atoms with E-state index in [9.17, 15) is 18.7 Å². The predicted octanol–water partition coefficient (Wildman–Crippen LogP) is 4.43. The molecule has 0 aliphatic heterocycles. The van der Waals surface area contributed by atoms with Gasteiger partial charge in [0.1, 0.15) is 11.3 Å². The lowest BCUT2D eigenvalue weighted by Gasteiger charge is -2.29. The summed E-state index contributed by atoms with van der Waals surface area (Å²) in [5, 5.41) is 16.4. The van der Waals surface area contributed by atoms with Crippen LogP contribution in [0.3, 0.4) is 0 Å². The number of nitrogens with two attached hydrogens (primary N) is 1. The predicted molar refractivity (Wildman–Crippen MR) is 132 cm³/mol. The van der Waals surface area contributed by atoms with Crippen molar-refractivity contribution in [2.24, 2.45) is 11.7 Å². The van der Waals surface area contributed by atoms with Crippen LogP contribution in [-0.2, 0) is 4.79 Å². The third-order valence-electron chi connectivity index (χ3n) is 7.18. The fourth-order valence-electron chi connectivity index (χ4n) is 5.23. The molecule has 0 radical (unpaired) electrons. The minimum atomic E-state index is -0.851. The molecule has 192 valence electrons. The van der Waals surface area contributed by atoms with Gasteiger partial charge in [0.25, 0.3) is 0 Å². The van der Waals surface area contributed by atoms with Crippen LogP contribution in [-0.4, -0.2) is 42.7 Å². The molecule has 9 nitrogen and oxygen atoms in total. The Kier molecular flexibility index (Phi) is 6.94. The summed E-state index contributed by atoms with van der Waals surface area (Å²) in [5.74, 6) is -1.51. The largest absolute Gasteiger partial charge is 0.391 e. The molecule has 0 saturated heterocycles. The van der Waals surface area contributed by atoms with E-state index in [-0.39, 0.29) is 40.6 Å². The van der Waals surface area contributed by atoms with E-state index in [0.717, 1.165) is 37.8 Å². The molecule has 2 atom stereocenters. The number of benzene rings is 1. The fourth-order valence-corrected chi connectivity index (χ4v) is 5.47. The van der Waals surface area contributed by atoms with Gasteiger partial charge in [0, 0.05) is 18.0 Å². The molecule has 1 unspecified atom stereocenters. The lowest BCUT2D eigenvalue weighted by molar-refractivity contribution is -0.122. The number of imidazole rings is 1. The summed E-state index contributed by atoms with van der Waals surface area (Å²) >= 11 is 6.13. The van der Waals surface area contributed by atoms with Crippen LogP contribution in [0.25, 0.3) is 11.2 Å². The topological polar surface area (TPSA) is 131 Å². The average Bonchev–Trinajstić information content (AvgIpc) is 3.20. The van der Waals surface area contributed by atoms with Crippen molar-refractivity contribution in [3.63, 3.8) is 0 Å². The van der Waals surface area contributed by atoms with Crippen LogP contribution in [0.2, 0.25) is 5.02 Å². The molecule has 2 aliphatic rings. The standard InChI is InChI=1S/C24H28ClF2N7O2/c25-15-9-13(26)10-16(27)20(15)32-24-31-18-11-29-23(30-17-3-1-2-4-19(17)35)33-22(18)34(24)14-7-5-12(6-8-14)21(28)36/h9-12,14,17,19,35H,1-8H2,(H2,28,36)(H,31,32)(H,29,30,33)/t12-,14+,17?,19-/m1/s1. The fraction of sp³-hybridized carbons (Fsp3) is 0.500. The molecular formula is C24H28ClF2N7O2. The number of primary amides is 1. The van der Waals surface area contributed by atoms with Gasteiger partial charge in [0.15, 0.2) is 11.5 Å². The first-order chi connectivity index (χ1) is 17.3. The SMILES string of the molecule is NC(=O)[C@H]1CC[C@@H](n2c(Nc3c(F)cc(F)cc3Cl)nc3cnc(NC4CCCC[C@H]4O)nc32)CC1. The number of carbonyl (C=O) groups is 1. The summed E-state index contributed by atoms with van der Waals surface area (Å²) in [5.41, 5.74) is 6.40. The van der Waals surface area contributed by atoms with Crippen LogP contribution in [0.1, 0.15) is 57.4 Å². The van der Waals surface area contributed by atoms with Crippen molar-refractivity contribution >= 4 is 46.3 Å². The van der Waals surface area contributed by atoms with Crippen LogP contribution in [0, 0.1) is 17.6 Å². The highest BCUT2D eigenvalue weighted by Gasteiger charge is 2.30. The number of amides is 1. The quantitative estimate of drug-likeness (QED) is 0.379. The molecule has 1 aromatic carbocycles. The van der Waals surface area contributed by atoms with Gasteiger partial charge in [-0.3, -0.25) is 9.36 Å². The van der Waals surface area contributed by atoms with Crippen molar-refractivity contribution in [2.75, 3.05) is 10.6 Å². The number of nitrogens with zero attached hydrogens (tertiary/aromatic N) is 4. The minimum absolute atomic E-state index is 0.0987. The van der Waals surface area contributed by atoms with Gasteiger partial charge in [-0.05, 0) is 44.6 Å². The van der Waals surface area contributed by atoms with Crippen LogP contribution in [0.15, 0.2) is 18.3 Å². The van der Waals surface area contributed by atoms with Crippen LogP contribution in [0.4, 0.5) is 26.4 Å². The molecule has 12 heteroatoms. The maximum atomic E-state index is 14.6. The smallest absolute Gasteiger partial charge is 0.225 e. The van der Waals surface area contributed by atoms with Crippen molar-refractivity contribution < 1.29 is 18.7 Å². The van der Waals surface area contributed by atoms with Gasteiger partial charge in [-0.25, -0.2) is 18.7 Å². The maximum absolute atomic E-state index is 14.6. The van der Waals surface area contributed by atoms with E-state index in [2.05, 4.69) is 20.6 Å². The second-order valence-corrected chi connectivity index (χ2v) is 9.99. The molecule has 2 fully saturated rings. The number of rotatable bonds is 6. The number of nitrogens with one attached hydrogen (secondary N) is 2. The zero-order chi connectivity index (χ0) is 25.4. The summed E-state index contributed by atoms with van der Waals surface area (Å²) in [6.07, 6.45) is 7.11. The Morgan fingerprint density at radius 2 is 1.86 bits per heavy atom. The van der Waals surface area contributed by atoms with Gasteiger partial charge < -0.3 is 21.5 Å². The normalized spacial score (nSPS) is 24.6. The zero-order valence-electron chi connectivity index (χ0n) is 19.6. The second kappa shape index (κ2) is 10.1. The molecule has 2 aliphatic carbocycles. The highest BCUT2D eigenvalue weighted by atomic mass is 35.5. The average molecular weight is 520 g/mol. The number of aliphatic hydroxyl groups is 1. The number of hydrogen-bond acceptors (Lipinski definition) is 7. The van der Waals surface area contributed by atoms with Crippen molar-refractivity contribution in [1.29, 1.82) is 0 Å². The van der Waals surface area contributed by atoms with E-state index in [4.69, 9.17) is 22.3 Å². The van der Waals surface area contributed by atoms with E-state index in [1.165, 1.54) is 0 Å². The molecule has 2 heterocycles. The third kappa shape index (κ3) is 4.94. The highest BCUT2D eigenvalue weighted by molar-refractivity contribution is 6.33. The Balaban J connectivity index is 1.53. The van der Waals surface area contributed by atoms with Gasteiger partial charge in [0.05, 0.1) is 29.1 Å². The summed E-state index contributed by atoms with van der Waals surface area (Å²) in [6.45, 7) is 0. The molecule has 3 aromatic rings. The first kappa shape index (κ1) is 24.6. The van der Waals surface area contributed by atoms with Gasteiger partial charge in [-0.1, -0.05) is 24.4 Å². The lowest BCUT2D eigenvalue weighted by atomic mass is 9.85. The Bertz CT molecular complexity index is 1260. The van der Waals surface area contributed by atoms with Gasteiger partial charge in [-0.2, -0.15) is 4.98 Å². The summed E-state index contributed by atoms with van der Waals surface area (Å²) in [7, 11) is 0. The first-order valence-electron chi connectivity index (χ1n) is 12.2. The van der Waals surface area contributed by atoms with E-state index < -0.39 is 17.7 Å². The molecule has 2 saturated carbocycles. The highest BCUT2D eigenvalue weighted by Crippen LogP contribution is 2.38. The maximum Gasteiger partial charge on any atom is 0.225 e. The molecule has 5 rings (SSSR count). The molecule has 1 amide bonds. The number of aromatic nitrogens is 4. The zero-order valence-corrected chi connectivity index (χ0v) is 20.3. The Morgan fingerprint density at radius 1 is 1.11 bits per heavy atom.